The molecule has 1 aliphatic heterocycles. The molecule has 0 atom stereocenters. The molecule has 1 aromatic heterocycles. The van der Waals surface area contributed by atoms with Crippen molar-refractivity contribution < 1.29 is 9.15 Å². The van der Waals surface area contributed by atoms with Crippen molar-refractivity contribution in [2.75, 3.05) is 13.1 Å². The first kappa shape index (κ1) is 14.1. The minimum atomic E-state index is 0.00775. The summed E-state index contributed by atoms with van der Waals surface area (Å²) in [5, 5.41) is 3.93. The molecule has 1 N–H and O–H groups in total. The van der Waals surface area contributed by atoms with Crippen LogP contribution in [-0.2, 0) is 0 Å². The van der Waals surface area contributed by atoms with Crippen LogP contribution in [0.2, 0.25) is 0 Å². The third-order valence-corrected chi connectivity index (χ3v) is 3.88. The summed E-state index contributed by atoms with van der Waals surface area (Å²) in [4.78, 5) is 12.1. The monoisotopic (exact) mass is 287 g/mol. The molecule has 1 saturated heterocycles. The smallest absolute Gasteiger partial charge is 0.192 e. The summed E-state index contributed by atoms with van der Waals surface area (Å²) < 4.78 is 11.8. The van der Waals surface area contributed by atoms with Gasteiger partial charge in [-0.05, 0) is 38.1 Å². The number of rotatable bonds is 3. The van der Waals surface area contributed by atoms with E-state index in [-0.39, 0.29) is 17.5 Å². The summed E-state index contributed by atoms with van der Waals surface area (Å²) in [5.74, 6) is 1.68. The van der Waals surface area contributed by atoms with E-state index < -0.39 is 0 Å². The maximum absolute atomic E-state index is 12.1. The molecule has 0 saturated carbocycles. The summed E-state index contributed by atoms with van der Waals surface area (Å²) in [6, 6.07) is 7.07. The molecule has 0 bridgehead atoms. The number of fused-ring (bicyclic) bond motifs is 1. The lowest BCUT2D eigenvalue weighted by Crippen LogP contribution is -2.34. The van der Waals surface area contributed by atoms with Gasteiger partial charge in [0.15, 0.2) is 5.43 Å². The van der Waals surface area contributed by atoms with E-state index in [0.717, 1.165) is 31.7 Å². The van der Waals surface area contributed by atoms with Crippen molar-refractivity contribution in [2.24, 2.45) is 0 Å². The van der Waals surface area contributed by atoms with Crippen LogP contribution in [0.5, 0.6) is 5.75 Å². The fourth-order valence-electron chi connectivity index (χ4n) is 2.62. The molecular weight excluding hydrogens is 266 g/mol. The molecule has 0 aliphatic carbocycles. The number of piperidine rings is 1. The topological polar surface area (TPSA) is 51.5 Å². The quantitative estimate of drug-likeness (QED) is 0.942. The van der Waals surface area contributed by atoms with Crippen molar-refractivity contribution in [2.45, 2.75) is 38.7 Å². The van der Waals surface area contributed by atoms with E-state index in [1.165, 1.54) is 0 Å². The molecule has 0 spiro atoms. The Kier molecular flexibility index (Phi) is 3.97. The predicted molar refractivity (Wildman–Crippen MR) is 83.1 cm³/mol. The summed E-state index contributed by atoms with van der Waals surface area (Å²) in [6.07, 6.45) is 2.26. The maximum atomic E-state index is 12.1. The van der Waals surface area contributed by atoms with Crippen LogP contribution in [0.4, 0.5) is 0 Å². The van der Waals surface area contributed by atoms with Crippen LogP contribution in [0.3, 0.4) is 0 Å². The van der Waals surface area contributed by atoms with Crippen LogP contribution in [0.25, 0.3) is 11.0 Å². The number of hydrogen-bond acceptors (Lipinski definition) is 4. The first-order valence-electron chi connectivity index (χ1n) is 7.58. The van der Waals surface area contributed by atoms with Gasteiger partial charge >= 0.3 is 0 Å². The SMILES string of the molecule is CC(C)c1cc(=O)c2ccc(OC3CCNCC3)cc2o1. The molecule has 4 heteroatoms. The average Bonchev–Trinajstić information content (AvgIpc) is 2.48. The molecule has 2 heterocycles. The first-order chi connectivity index (χ1) is 10.1. The molecule has 0 unspecified atom stereocenters. The lowest BCUT2D eigenvalue weighted by Gasteiger charge is -2.23. The minimum absolute atomic E-state index is 0.00775. The van der Waals surface area contributed by atoms with Gasteiger partial charge in [0.2, 0.25) is 0 Å². The third kappa shape index (κ3) is 3.10. The average molecular weight is 287 g/mol. The number of benzene rings is 1. The Morgan fingerprint density at radius 2 is 2.00 bits per heavy atom. The highest BCUT2D eigenvalue weighted by molar-refractivity contribution is 5.78. The summed E-state index contributed by atoms with van der Waals surface area (Å²) >= 11 is 0. The Balaban J connectivity index is 1.92. The van der Waals surface area contributed by atoms with Crippen molar-refractivity contribution >= 4 is 11.0 Å². The fraction of sp³-hybridized carbons (Fsp3) is 0.471. The standard InChI is InChI=1S/C17H21NO3/c1-11(2)16-10-15(19)14-4-3-13(9-17(14)21-16)20-12-5-7-18-8-6-12/h3-4,9-12,18H,5-8H2,1-2H3. The van der Waals surface area contributed by atoms with E-state index in [9.17, 15) is 4.79 Å². The van der Waals surface area contributed by atoms with Gasteiger partial charge in [-0.2, -0.15) is 0 Å². The number of nitrogens with one attached hydrogen (secondary N) is 1. The Morgan fingerprint density at radius 3 is 2.71 bits per heavy atom. The molecule has 21 heavy (non-hydrogen) atoms. The highest BCUT2D eigenvalue weighted by Gasteiger charge is 2.15. The molecule has 3 rings (SSSR count). The summed E-state index contributed by atoms with van der Waals surface area (Å²) in [6.45, 7) is 6.01. The van der Waals surface area contributed by atoms with Crippen LogP contribution < -0.4 is 15.5 Å². The van der Waals surface area contributed by atoms with Crippen molar-refractivity contribution in [1.29, 1.82) is 0 Å². The van der Waals surface area contributed by atoms with Crippen molar-refractivity contribution in [3.63, 3.8) is 0 Å². The molecule has 4 nitrogen and oxygen atoms in total. The summed E-state index contributed by atoms with van der Waals surface area (Å²) in [5.41, 5.74) is 0.617. The van der Waals surface area contributed by atoms with Gasteiger partial charge < -0.3 is 14.5 Å². The largest absolute Gasteiger partial charge is 0.490 e. The number of ether oxygens (including phenoxy) is 1. The molecule has 1 aromatic carbocycles. The van der Waals surface area contributed by atoms with Crippen molar-refractivity contribution in [3.05, 3.63) is 40.2 Å². The molecule has 1 aliphatic rings. The highest BCUT2D eigenvalue weighted by Crippen LogP contribution is 2.24. The van der Waals surface area contributed by atoms with Crippen LogP contribution in [-0.4, -0.2) is 19.2 Å². The second-order valence-corrected chi connectivity index (χ2v) is 5.89. The lowest BCUT2D eigenvalue weighted by molar-refractivity contribution is 0.162. The third-order valence-electron chi connectivity index (χ3n) is 3.88. The Morgan fingerprint density at radius 1 is 1.24 bits per heavy atom. The molecule has 0 radical (unpaired) electrons. The van der Waals surface area contributed by atoms with Gasteiger partial charge in [-0.3, -0.25) is 4.79 Å². The van der Waals surface area contributed by atoms with Crippen LogP contribution >= 0.6 is 0 Å². The normalized spacial score (nSPS) is 16.5. The van der Waals surface area contributed by atoms with Gasteiger partial charge in [0.25, 0.3) is 0 Å². The highest BCUT2D eigenvalue weighted by atomic mass is 16.5. The van der Waals surface area contributed by atoms with Gasteiger partial charge in [-0.25, -0.2) is 0 Å². The zero-order chi connectivity index (χ0) is 14.8. The summed E-state index contributed by atoms with van der Waals surface area (Å²) in [7, 11) is 0. The Labute approximate surface area is 124 Å². The minimum Gasteiger partial charge on any atom is -0.490 e. The van der Waals surface area contributed by atoms with E-state index in [1.54, 1.807) is 12.1 Å². The van der Waals surface area contributed by atoms with E-state index in [4.69, 9.17) is 9.15 Å². The Hall–Kier alpha value is -1.81. The zero-order valence-corrected chi connectivity index (χ0v) is 12.5. The van der Waals surface area contributed by atoms with Crippen LogP contribution in [0.1, 0.15) is 38.4 Å². The second kappa shape index (κ2) is 5.90. The Bertz CT molecular complexity index is 684. The molecular formula is C17H21NO3. The van der Waals surface area contributed by atoms with Gasteiger partial charge in [-0.15, -0.1) is 0 Å². The number of hydrogen-bond donors (Lipinski definition) is 1. The zero-order valence-electron chi connectivity index (χ0n) is 12.5. The maximum Gasteiger partial charge on any atom is 0.192 e. The molecule has 1 fully saturated rings. The van der Waals surface area contributed by atoms with Gasteiger partial charge in [0.1, 0.15) is 23.2 Å². The predicted octanol–water partition coefficient (Wildman–Crippen LogP) is 3.05. The first-order valence-corrected chi connectivity index (χ1v) is 7.58. The van der Waals surface area contributed by atoms with Crippen LogP contribution in [0.15, 0.2) is 33.5 Å². The molecule has 112 valence electrons. The van der Waals surface area contributed by atoms with Gasteiger partial charge in [-0.1, -0.05) is 13.8 Å². The van der Waals surface area contributed by atoms with E-state index in [0.29, 0.717) is 16.7 Å². The molecule has 0 amide bonds. The van der Waals surface area contributed by atoms with Crippen LogP contribution in [0, 0.1) is 0 Å². The molecule has 2 aromatic rings. The van der Waals surface area contributed by atoms with Crippen molar-refractivity contribution in [1.82, 2.24) is 5.32 Å². The van der Waals surface area contributed by atoms with E-state index >= 15 is 0 Å². The second-order valence-electron chi connectivity index (χ2n) is 5.89. The lowest BCUT2D eigenvalue weighted by atomic mass is 10.1. The van der Waals surface area contributed by atoms with E-state index in [1.807, 2.05) is 26.0 Å². The van der Waals surface area contributed by atoms with Gasteiger partial charge in [0, 0.05) is 18.1 Å². The fourth-order valence-corrected chi connectivity index (χ4v) is 2.62. The van der Waals surface area contributed by atoms with E-state index in [2.05, 4.69) is 5.32 Å². The van der Waals surface area contributed by atoms with Crippen molar-refractivity contribution in [3.8, 4) is 5.75 Å². The van der Waals surface area contributed by atoms with Gasteiger partial charge in [0.05, 0.1) is 5.39 Å².